The lowest BCUT2D eigenvalue weighted by Gasteiger charge is -2.32. The molecule has 1 amide bonds. The molecular formula is C32H33N9OS. The molecule has 2 aromatic carbocycles. The Labute approximate surface area is 255 Å². The highest BCUT2D eigenvalue weighted by atomic mass is 32.1. The first-order chi connectivity index (χ1) is 20.9. The van der Waals surface area contributed by atoms with Gasteiger partial charge in [0.15, 0.2) is 0 Å². The molecule has 11 heteroatoms. The van der Waals surface area contributed by atoms with Gasteiger partial charge in [-0.05, 0) is 80.0 Å². The molecule has 2 N–H and O–H groups in total. The van der Waals surface area contributed by atoms with Crippen LogP contribution in [0.25, 0.3) is 21.7 Å². The quantitative estimate of drug-likeness (QED) is 0.244. The molecule has 5 aromatic rings. The van der Waals surface area contributed by atoms with Crippen LogP contribution in [-0.2, 0) is 6.54 Å². The third-order valence-electron chi connectivity index (χ3n) is 7.56. The minimum Gasteiger partial charge on any atom is -0.324 e. The van der Waals surface area contributed by atoms with Gasteiger partial charge in [0.2, 0.25) is 5.95 Å². The minimum atomic E-state index is -0.155. The van der Waals surface area contributed by atoms with Gasteiger partial charge in [0.05, 0.1) is 16.3 Å². The van der Waals surface area contributed by atoms with E-state index in [1.807, 2.05) is 68.4 Å². The number of aromatic nitrogens is 5. The van der Waals surface area contributed by atoms with Crippen molar-refractivity contribution in [1.29, 1.82) is 0 Å². The van der Waals surface area contributed by atoms with Crippen molar-refractivity contribution in [1.82, 2.24) is 34.3 Å². The topological polar surface area (TPSA) is 112 Å². The van der Waals surface area contributed by atoms with Gasteiger partial charge in [-0.1, -0.05) is 22.7 Å². The molecule has 43 heavy (non-hydrogen) atoms. The first kappa shape index (κ1) is 28.5. The van der Waals surface area contributed by atoms with Gasteiger partial charge in [-0.3, -0.25) is 14.7 Å². The van der Waals surface area contributed by atoms with Crippen LogP contribution in [0.3, 0.4) is 0 Å². The van der Waals surface area contributed by atoms with E-state index in [-0.39, 0.29) is 5.91 Å². The second-order valence-corrected chi connectivity index (χ2v) is 11.6. The van der Waals surface area contributed by atoms with Crippen LogP contribution in [0.15, 0.2) is 73.2 Å². The first-order valence-corrected chi connectivity index (χ1v) is 15.0. The number of nitrogens with one attached hydrogen (secondary N) is 2. The van der Waals surface area contributed by atoms with E-state index in [4.69, 9.17) is 4.98 Å². The van der Waals surface area contributed by atoms with Crippen LogP contribution >= 0.6 is 11.5 Å². The predicted octanol–water partition coefficient (Wildman–Crippen LogP) is 5.42. The summed E-state index contributed by atoms with van der Waals surface area (Å²) in [6.45, 7) is 9.13. The number of carbonyl (C=O) groups excluding carboxylic acids is 1. The van der Waals surface area contributed by atoms with Crippen molar-refractivity contribution in [3.8, 4) is 21.7 Å². The van der Waals surface area contributed by atoms with E-state index in [1.165, 1.54) is 17.1 Å². The molecule has 0 atom stereocenters. The summed E-state index contributed by atoms with van der Waals surface area (Å²) in [6.07, 6.45) is 5.29. The Morgan fingerprint density at radius 2 is 1.74 bits per heavy atom. The van der Waals surface area contributed by atoms with Gasteiger partial charge >= 0.3 is 0 Å². The van der Waals surface area contributed by atoms with Crippen LogP contribution in [0.5, 0.6) is 0 Å². The molecule has 0 saturated carbocycles. The summed E-state index contributed by atoms with van der Waals surface area (Å²) in [5, 5.41) is 10.4. The first-order valence-electron chi connectivity index (χ1n) is 14.2. The number of hydrogen-bond acceptors (Lipinski definition) is 10. The summed E-state index contributed by atoms with van der Waals surface area (Å²) in [4.78, 5) is 32.4. The fourth-order valence-electron chi connectivity index (χ4n) is 4.96. The van der Waals surface area contributed by atoms with Gasteiger partial charge in [0.25, 0.3) is 5.91 Å². The molecule has 1 aliphatic heterocycles. The SMILES string of the molecule is Cc1ccc(NC(=O)c2ccc(CN3CCN(C)CC3)cc2)cc1Nc1nccc(-c2cncc(-c3snnc3C)c2)n1. The number of anilines is 3. The number of piperazine rings is 1. The molecule has 218 valence electrons. The van der Waals surface area contributed by atoms with Gasteiger partial charge in [0.1, 0.15) is 0 Å². The number of likely N-dealkylation sites (N-methyl/N-ethyl adjacent to an activating group) is 1. The van der Waals surface area contributed by atoms with Crippen molar-refractivity contribution < 1.29 is 4.79 Å². The Kier molecular flexibility index (Phi) is 8.45. The molecule has 0 radical (unpaired) electrons. The molecule has 0 spiro atoms. The second kappa shape index (κ2) is 12.7. The number of benzene rings is 2. The summed E-state index contributed by atoms with van der Waals surface area (Å²) in [7, 11) is 2.16. The standard InChI is InChI=1S/C32H33N9OS/c1-21-4-9-27(35-31(42)24-7-5-23(6-8-24)20-41-14-12-40(3)13-15-41)17-29(21)37-32-34-11-10-28(36-32)25-16-26(19-33-18-25)30-22(2)38-39-43-30/h4-11,16-19H,12-15,20H2,1-3H3,(H,35,42)(H,34,36,37). The Bertz CT molecular complexity index is 1730. The minimum absolute atomic E-state index is 0.155. The molecule has 6 rings (SSSR count). The largest absolute Gasteiger partial charge is 0.324 e. The number of hydrogen-bond donors (Lipinski definition) is 2. The van der Waals surface area contributed by atoms with Crippen LogP contribution in [0.1, 0.15) is 27.2 Å². The fourth-order valence-corrected chi connectivity index (χ4v) is 5.60. The second-order valence-electron chi connectivity index (χ2n) is 10.8. The van der Waals surface area contributed by atoms with Gasteiger partial charge < -0.3 is 15.5 Å². The van der Waals surface area contributed by atoms with E-state index in [1.54, 1.807) is 18.6 Å². The van der Waals surface area contributed by atoms with E-state index < -0.39 is 0 Å². The molecule has 1 saturated heterocycles. The molecule has 1 aliphatic rings. The van der Waals surface area contributed by atoms with Crippen LogP contribution in [0, 0.1) is 13.8 Å². The molecule has 0 bridgehead atoms. The molecule has 1 fully saturated rings. The highest BCUT2D eigenvalue weighted by Gasteiger charge is 2.15. The zero-order chi connectivity index (χ0) is 29.8. The van der Waals surface area contributed by atoms with Crippen LogP contribution in [0.2, 0.25) is 0 Å². The van der Waals surface area contributed by atoms with E-state index in [0.29, 0.717) is 17.2 Å². The maximum absolute atomic E-state index is 13.1. The van der Waals surface area contributed by atoms with Gasteiger partial charge in [-0.15, -0.1) is 5.10 Å². The fraction of sp³-hybridized carbons (Fsp3) is 0.250. The highest BCUT2D eigenvalue weighted by Crippen LogP contribution is 2.29. The lowest BCUT2D eigenvalue weighted by molar-refractivity contribution is 0.102. The Balaban J connectivity index is 1.13. The van der Waals surface area contributed by atoms with Crippen molar-refractivity contribution in [2.24, 2.45) is 0 Å². The summed E-state index contributed by atoms with van der Waals surface area (Å²) in [6, 6.07) is 17.5. The molecular weight excluding hydrogens is 558 g/mol. The van der Waals surface area contributed by atoms with Crippen molar-refractivity contribution in [2.45, 2.75) is 20.4 Å². The summed E-state index contributed by atoms with van der Waals surface area (Å²) < 4.78 is 4.04. The Hall–Kier alpha value is -4.58. The van der Waals surface area contributed by atoms with Crippen LogP contribution < -0.4 is 10.6 Å². The van der Waals surface area contributed by atoms with Crippen molar-refractivity contribution in [3.63, 3.8) is 0 Å². The van der Waals surface area contributed by atoms with E-state index in [0.717, 1.165) is 71.4 Å². The molecule has 0 aliphatic carbocycles. The number of rotatable bonds is 8. The number of nitrogens with zero attached hydrogens (tertiary/aromatic N) is 7. The van der Waals surface area contributed by atoms with Gasteiger partial charge in [-0.2, -0.15) is 0 Å². The number of amides is 1. The third kappa shape index (κ3) is 6.91. The monoisotopic (exact) mass is 591 g/mol. The average molecular weight is 592 g/mol. The smallest absolute Gasteiger partial charge is 0.255 e. The Morgan fingerprint density at radius 1 is 0.953 bits per heavy atom. The average Bonchev–Trinajstić information content (AvgIpc) is 3.46. The van der Waals surface area contributed by atoms with E-state index >= 15 is 0 Å². The molecule has 3 aromatic heterocycles. The number of aryl methyl sites for hydroxylation is 2. The highest BCUT2D eigenvalue weighted by molar-refractivity contribution is 7.09. The summed E-state index contributed by atoms with van der Waals surface area (Å²) in [5.74, 6) is 0.291. The maximum Gasteiger partial charge on any atom is 0.255 e. The zero-order valence-electron chi connectivity index (χ0n) is 24.4. The van der Waals surface area contributed by atoms with Crippen LogP contribution in [-0.4, -0.2) is 73.5 Å². The zero-order valence-corrected chi connectivity index (χ0v) is 25.2. The normalized spacial score (nSPS) is 14.0. The summed E-state index contributed by atoms with van der Waals surface area (Å²) in [5.41, 5.74) is 7.73. The van der Waals surface area contributed by atoms with E-state index in [9.17, 15) is 4.79 Å². The maximum atomic E-state index is 13.1. The van der Waals surface area contributed by atoms with Crippen molar-refractivity contribution in [3.05, 3.63) is 95.6 Å². The lowest BCUT2D eigenvalue weighted by atomic mass is 10.1. The molecule has 10 nitrogen and oxygen atoms in total. The number of carbonyl (C=O) groups is 1. The molecule has 0 unspecified atom stereocenters. The molecule has 4 heterocycles. The number of pyridine rings is 1. The van der Waals surface area contributed by atoms with Gasteiger partial charge in [0, 0.05) is 79.4 Å². The predicted molar refractivity (Wildman–Crippen MR) is 171 cm³/mol. The van der Waals surface area contributed by atoms with Crippen molar-refractivity contribution >= 4 is 34.8 Å². The Morgan fingerprint density at radius 3 is 2.51 bits per heavy atom. The van der Waals surface area contributed by atoms with Gasteiger partial charge in [-0.25, -0.2) is 9.97 Å². The van der Waals surface area contributed by atoms with Crippen molar-refractivity contribution in [2.75, 3.05) is 43.9 Å². The third-order valence-corrected chi connectivity index (χ3v) is 8.44. The summed E-state index contributed by atoms with van der Waals surface area (Å²) >= 11 is 1.34. The van der Waals surface area contributed by atoms with Crippen LogP contribution in [0.4, 0.5) is 17.3 Å². The van der Waals surface area contributed by atoms with E-state index in [2.05, 4.69) is 47.0 Å². The lowest BCUT2D eigenvalue weighted by Crippen LogP contribution is -2.43.